The molecule has 1 amide bonds. The van der Waals surface area contributed by atoms with E-state index in [1.807, 2.05) is 4.90 Å². The molecule has 1 atom stereocenters. The normalized spacial score (nSPS) is 18.7. The van der Waals surface area contributed by atoms with Crippen molar-refractivity contribution in [2.45, 2.75) is 45.3 Å². The molecular weight excluding hydrogens is 314 g/mol. The quantitative estimate of drug-likeness (QED) is 0.837. The predicted octanol–water partition coefficient (Wildman–Crippen LogP) is 2.22. The van der Waals surface area contributed by atoms with Gasteiger partial charge in [0.2, 0.25) is 5.91 Å². The zero-order valence-electron chi connectivity index (χ0n) is 15.1. The monoisotopic (exact) mass is 341 g/mol. The van der Waals surface area contributed by atoms with Gasteiger partial charge in [-0.1, -0.05) is 0 Å². The van der Waals surface area contributed by atoms with Crippen molar-refractivity contribution in [3.8, 4) is 0 Å². The fourth-order valence-corrected chi connectivity index (χ4v) is 3.63. The molecule has 0 aromatic carbocycles. The molecule has 134 valence electrons. The summed E-state index contributed by atoms with van der Waals surface area (Å²) in [6, 6.07) is 2.47. The molecule has 6 heteroatoms. The molecule has 0 unspecified atom stereocenters. The lowest BCUT2D eigenvalue weighted by atomic mass is 10.1. The highest BCUT2D eigenvalue weighted by molar-refractivity contribution is 5.73. The number of carbonyl (C=O) groups is 1. The van der Waals surface area contributed by atoms with Crippen LogP contribution < -0.4 is 0 Å². The van der Waals surface area contributed by atoms with Crippen LogP contribution in [0.5, 0.6) is 0 Å². The summed E-state index contributed by atoms with van der Waals surface area (Å²) >= 11 is 0. The number of aryl methyl sites for hydroxylation is 1. The van der Waals surface area contributed by atoms with Gasteiger partial charge in [-0.2, -0.15) is 0 Å². The highest BCUT2D eigenvalue weighted by Gasteiger charge is 2.24. The molecule has 2 aromatic heterocycles. The van der Waals surface area contributed by atoms with E-state index in [9.17, 15) is 4.79 Å². The van der Waals surface area contributed by atoms with Crippen molar-refractivity contribution < 1.29 is 4.79 Å². The molecule has 0 radical (unpaired) electrons. The lowest BCUT2D eigenvalue weighted by molar-refractivity contribution is -0.132. The highest BCUT2D eigenvalue weighted by atomic mass is 16.2. The molecule has 0 spiro atoms. The summed E-state index contributed by atoms with van der Waals surface area (Å²) in [4.78, 5) is 24.8. The van der Waals surface area contributed by atoms with Crippen molar-refractivity contribution in [3.05, 3.63) is 48.3 Å². The minimum atomic E-state index is 0.130. The second-order valence-electron chi connectivity index (χ2n) is 6.94. The van der Waals surface area contributed by atoms with Crippen LogP contribution in [-0.2, 0) is 24.9 Å². The van der Waals surface area contributed by atoms with E-state index in [0.29, 0.717) is 12.6 Å². The third-order valence-corrected chi connectivity index (χ3v) is 4.90. The third kappa shape index (κ3) is 4.89. The number of carbonyl (C=O) groups excluding carboxylic acids is 1. The molecule has 2 aromatic rings. The number of amides is 1. The zero-order chi connectivity index (χ0) is 17.6. The van der Waals surface area contributed by atoms with Gasteiger partial charge in [-0.05, 0) is 37.4 Å². The molecule has 0 N–H and O–H groups in total. The fourth-order valence-electron chi connectivity index (χ4n) is 3.63. The van der Waals surface area contributed by atoms with E-state index in [1.165, 1.54) is 11.9 Å². The van der Waals surface area contributed by atoms with Gasteiger partial charge >= 0.3 is 0 Å². The maximum atomic E-state index is 12.2. The average molecular weight is 341 g/mol. The topological polar surface area (TPSA) is 54.3 Å². The maximum absolute atomic E-state index is 12.2. The Labute approximate surface area is 149 Å². The number of aromatic nitrogens is 3. The van der Waals surface area contributed by atoms with Crippen molar-refractivity contribution in [1.82, 2.24) is 24.3 Å². The standard InChI is InChI=1S/C19H27N5O/c1-16(25)24(14-18-10-20-15-21-11-18)19-4-3-7-23(9-6-19)13-17-5-8-22(2)12-17/h5,8,10-12,15,19H,3-4,6-7,9,13-14H2,1-2H3/t19-/m1/s1. The first-order chi connectivity index (χ1) is 12.1. The summed E-state index contributed by atoms with van der Waals surface area (Å²) in [5.41, 5.74) is 2.34. The Bertz CT molecular complexity index is 684. The van der Waals surface area contributed by atoms with Crippen LogP contribution in [0.15, 0.2) is 37.2 Å². The molecule has 6 nitrogen and oxygen atoms in total. The average Bonchev–Trinajstić information content (AvgIpc) is 2.87. The van der Waals surface area contributed by atoms with Gasteiger partial charge in [-0.15, -0.1) is 0 Å². The van der Waals surface area contributed by atoms with E-state index in [2.05, 4.69) is 44.9 Å². The van der Waals surface area contributed by atoms with Crippen LogP contribution in [0.4, 0.5) is 0 Å². The van der Waals surface area contributed by atoms with Crippen LogP contribution in [0.1, 0.15) is 37.3 Å². The predicted molar refractivity (Wildman–Crippen MR) is 96.6 cm³/mol. The number of likely N-dealkylation sites (tertiary alicyclic amines) is 1. The van der Waals surface area contributed by atoms with E-state index in [-0.39, 0.29) is 5.91 Å². The highest BCUT2D eigenvalue weighted by Crippen LogP contribution is 2.20. The Morgan fingerprint density at radius 2 is 2.04 bits per heavy atom. The second kappa shape index (κ2) is 8.25. The molecule has 0 aliphatic carbocycles. The first kappa shape index (κ1) is 17.6. The van der Waals surface area contributed by atoms with Crippen molar-refractivity contribution >= 4 is 5.91 Å². The van der Waals surface area contributed by atoms with Crippen LogP contribution in [0, 0.1) is 0 Å². The van der Waals surface area contributed by atoms with Gasteiger partial charge in [0.1, 0.15) is 6.33 Å². The largest absolute Gasteiger partial charge is 0.357 e. The molecule has 0 bridgehead atoms. The van der Waals surface area contributed by atoms with Crippen LogP contribution in [0.3, 0.4) is 0 Å². The van der Waals surface area contributed by atoms with Crippen LogP contribution >= 0.6 is 0 Å². The van der Waals surface area contributed by atoms with Crippen LogP contribution in [0.25, 0.3) is 0 Å². The first-order valence-corrected chi connectivity index (χ1v) is 8.96. The van der Waals surface area contributed by atoms with E-state index < -0.39 is 0 Å². The number of hydrogen-bond donors (Lipinski definition) is 0. The Hall–Kier alpha value is -2.21. The van der Waals surface area contributed by atoms with E-state index >= 15 is 0 Å². The van der Waals surface area contributed by atoms with Crippen LogP contribution in [-0.4, -0.2) is 49.4 Å². The molecule has 1 fully saturated rings. The lowest BCUT2D eigenvalue weighted by Crippen LogP contribution is -2.39. The third-order valence-electron chi connectivity index (χ3n) is 4.90. The van der Waals surface area contributed by atoms with Gasteiger partial charge < -0.3 is 9.47 Å². The van der Waals surface area contributed by atoms with Gasteiger partial charge in [-0.25, -0.2) is 9.97 Å². The Morgan fingerprint density at radius 1 is 1.24 bits per heavy atom. The molecule has 25 heavy (non-hydrogen) atoms. The molecule has 3 heterocycles. The Balaban J connectivity index is 1.60. The zero-order valence-corrected chi connectivity index (χ0v) is 15.1. The smallest absolute Gasteiger partial charge is 0.219 e. The summed E-state index contributed by atoms with van der Waals surface area (Å²) in [7, 11) is 2.06. The van der Waals surface area contributed by atoms with Gasteiger partial charge in [0.05, 0.1) is 0 Å². The first-order valence-electron chi connectivity index (χ1n) is 8.96. The molecule has 0 saturated carbocycles. The number of hydrogen-bond acceptors (Lipinski definition) is 4. The molecule has 1 saturated heterocycles. The SMILES string of the molecule is CC(=O)N(Cc1cncnc1)[C@@H]1CCCN(Cc2ccn(C)c2)CC1. The van der Waals surface area contributed by atoms with Crippen molar-refractivity contribution in [2.24, 2.45) is 7.05 Å². The summed E-state index contributed by atoms with van der Waals surface area (Å²) in [5, 5.41) is 0. The van der Waals surface area contributed by atoms with E-state index in [0.717, 1.165) is 44.5 Å². The summed E-state index contributed by atoms with van der Waals surface area (Å²) in [6.07, 6.45) is 12.6. The summed E-state index contributed by atoms with van der Waals surface area (Å²) < 4.78 is 2.09. The van der Waals surface area contributed by atoms with Crippen molar-refractivity contribution in [3.63, 3.8) is 0 Å². The second-order valence-corrected chi connectivity index (χ2v) is 6.94. The molecule has 1 aliphatic rings. The van der Waals surface area contributed by atoms with Crippen molar-refractivity contribution in [2.75, 3.05) is 13.1 Å². The molecular formula is C19H27N5O. The minimum Gasteiger partial charge on any atom is -0.357 e. The Morgan fingerprint density at radius 3 is 2.72 bits per heavy atom. The lowest BCUT2D eigenvalue weighted by Gasteiger charge is -2.30. The van der Waals surface area contributed by atoms with Crippen LogP contribution in [0.2, 0.25) is 0 Å². The van der Waals surface area contributed by atoms with Crippen molar-refractivity contribution in [1.29, 1.82) is 0 Å². The van der Waals surface area contributed by atoms with Gasteiger partial charge in [-0.3, -0.25) is 9.69 Å². The number of nitrogens with zero attached hydrogens (tertiary/aromatic N) is 5. The minimum absolute atomic E-state index is 0.130. The Kier molecular flexibility index (Phi) is 5.81. The summed E-state index contributed by atoms with van der Waals surface area (Å²) in [5.74, 6) is 0.130. The summed E-state index contributed by atoms with van der Waals surface area (Å²) in [6.45, 7) is 5.36. The van der Waals surface area contributed by atoms with Gasteiger partial charge in [0.15, 0.2) is 0 Å². The van der Waals surface area contributed by atoms with E-state index in [1.54, 1.807) is 19.3 Å². The molecule has 1 aliphatic heterocycles. The number of rotatable bonds is 5. The fraction of sp³-hybridized carbons (Fsp3) is 0.526. The van der Waals surface area contributed by atoms with Gasteiger partial charge in [0, 0.05) is 70.0 Å². The van der Waals surface area contributed by atoms with Gasteiger partial charge in [0.25, 0.3) is 0 Å². The molecule has 3 rings (SSSR count). The maximum Gasteiger partial charge on any atom is 0.219 e. The van der Waals surface area contributed by atoms with E-state index in [4.69, 9.17) is 0 Å².